The predicted molar refractivity (Wildman–Crippen MR) is 125 cm³/mol. The highest BCUT2D eigenvalue weighted by molar-refractivity contribution is 6.33. The molecule has 3 amide bonds. The molecule has 4 rings (SSSR count). The maximum Gasteiger partial charge on any atom is 0.242 e. The Bertz CT molecular complexity index is 1100. The molecule has 3 atom stereocenters. The second-order valence-electron chi connectivity index (χ2n) is 11.2. The first kappa shape index (κ1) is 23.6. The minimum atomic E-state index is -0.837. The van der Waals surface area contributed by atoms with Crippen LogP contribution in [0.1, 0.15) is 73.3 Å². The number of piperidine rings is 1. The zero-order valence-corrected chi connectivity index (χ0v) is 20.7. The molecule has 1 N–H and O–H groups in total. The van der Waals surface area contributed by atoms with Crippen LogP contribution in [-0.4, -0.2) is 43.3 Å². The van der Waals surface area contributed by atoms with Crippen molar-refractivity contribution in [3.8, 4) is 0 Å². The van der Waals surface area contributed by atoms with Crippen molar-refractivity contribution >= 4 is 46.4 Å². The number of nitrogens with one attached hydrogen (secondary N) is 1. The van der Waals surface area contributed by atoms with Gasteiger partial charge in [0, 0.05) is 23.3 Å². The molecule has 33 heavy (non-hydrogen) atoms. The first-order valence-electron chi connectivity index (χ1n) is 11.4. The van der Waals surface area contributed by atoms with Crippen LogP contribution in [0, 0.1) is 16.7 Å². The minimum absolute atomic E-state index is 0.0249. The lowest BCUT2D eigenvalue weighted by Crippen LogP contribution is -2.50. The van der Waals surface area contributed by atoms with Gasteiger partial charge in [-0.15, -0.1) is 0 Å². The Labute approximate surface area is 198 Å². The van der Waals surface area contributed by atoms with Gasteiger partial charge >= 0.3 is 0 Å². The van der Waals surface area contributed by atoms with E-state index >= 15 is 0 Å². The molecule has 1 aliphatic heterocycles. The number of hydrogen-bond acceptors (Lipinski definition) is 6. The fourth-order valence-corrected chi connectivity index (χ4v) is 4.81. The Morgan fingerprint density at radius 3 is 2.33 bits per heavy atom. The SMILES string of the molecule is CC(C)(C)C(=O)N(C(=O)C(C)(C)C)c1nc(Cl)c2ncn(C3CCC4CC(=O)N[C@@H]3C4)c2n1. The lowest BCUT2D eigenvalue weighted by molar-refractivity contribution is -0.135. The van der Waals surface area contributed by atoms with Gasteiger partial charge in [0.15, 0.2) is 10.8 Å². The van der Waals surface area contributed by atoms with Gasteiger partial charge in [0.2, 0.25) is 23.7 Å². The molecule has 0 spiro atoms. The smallest absolute Gasteiger partial charge is 0.242 e. The number of hydrogen-bond donors (Lipinski definition) is 1. The summed E-state index contributed by atoms with van der Waals surface area (Å²) in [4.78, 5) is 53.2. The number of rotatable bonds is 2. The molecule has 0 aromatic carbocycles. The van der Waals surface area contributed by atoms with Crippen LogP contribution in [0.25, 0.3) is 11.2 Å². The second-order valence-corrected chi connectivity index (χ2v) is 11.6. The van der Waals surface area contributed by atoms with Crippen LogP contribution in [0.3, 0.4) is 0 Å². The molecule has 9 nitrogen and oxygen atoms in total. The highest BCUT2D eigenvalue weighted by Gasteiger charge is 2.41. The predicted octanol–water partition coefficient (Wildman–Crippen LogP) is 3.66. The Hall–Kier alpha value is -2.55. The molecular weight excluding hydrogens is 444 g/mol. The van der Waals surface area contributed by atoms with Crippen molar-refractivity contribution in [1.29, 1.82) is 0 Å². The van der Waals surface area contributed by atoms with E-state index in [0.717, 1.165) is 24.2 Å². The topological polar surface area (TPSA) is 110 Å². The Morgan fingerprint density at radius 1 is 1.09 bits per heavy atom. The van der Waals surface area contributed by atoms with E-state index in [1.54, 1.807) is 47.9 Å². The van der Waals surface area contributed by atoms with Gasteiger partial charge in [0.25, 0.3) is 0 Å². The number of carbonyl (C=O) groups is 3. The molecule has 1 saturated heterocycles. The fourth-order valence-electron chi connectivity index (χ4n) is 4.60. The lowest BCUT2D eigenvalue weighted by Gasteiger charge is -2.40. The van der Waals surface area contributed by atoms with Crippen LogP contribution in [0.2, 0.25) is 5.15 Å². The first-order chi connectivity index (χ1) is 15.3. The highest BCUT2D eigenvalue weighted by Crippen LogP contribution is 2.39. The van der Waals surface area contributed by atoms with Crippen LogP contribution < -0.4 is 10.2 Å². The van der Waals surface area contributed by atoms with Gasteiger partial charge in [-0.2, -0.15) is 9.97 Å². The minimum Gasteiger partial charge on any atom is -0.351 e. The van der Waals surface area contributed by atoms with Gasteiger partial charge in [0.1, 0.15) is 5.52 Å². The zero-order chi connectivity index (χ0) is 24.3. The third-order valence-electron chi connectivity index (χ3n) is 6.36. The van der Waals surface area contributed by atoms with Gasteiger partial charge < -0.3 is 9.88 Å². The van der Waals surface area contributed by atoms with Gasteiger partial charge in [-0.25, -0.2) is 9.88 Å². The monoisotopic (exact) mass is 474 g/mol. The van der Waals surface area contributed by atoms with Crippen molar-refractivity contribution in [3.63, 3.8) is 0 Å². The third kappa shape index (κ3) is 4.35. The molecule has 2 aliphatic rings. The van der Waals surface area contributed by atoms with E-state index in [2.05, 4.69) is 20.3 Å². The molecule has 2 bridgehead atoms. The van der Waals surface area contributed by atoms with Crippen LogP contribution in [0.15, 0.2) is 6.33 Å². The normalized spacial score (nSPS) is 23.4. The number of halogens is 1. The van der Waals surface area contributed by atoms with Crippen molar-refractivity contribution in [3.05, 3.63) is 11.5 Å². The first-order valence-corrected chi connectivity index (χ1v) is 11.7. The number of fused-ring (bicyclic) bond motifs is 3. The average Bonchev–Trinajstić information content (AvgIpc) is 3.11. The average molecular weight is 475 g/mol. The number of amides is 3. The van der Waals surface area contributed by atoms with Crippen LogP contribution >= 0.6 is 11.6 Å². The van der Waals surface area contributed by atoms with Crippen LogP contribution in [0.4, 0.5) is 5.95 Å². The van der Waals surface area contributed by atoms with Gasteiger partial charge in [-0.3, -0.25) is 14.4 Å². The molecule has 0 radical (unpaired) electrons. The maximum absolute atomic E-state index is 13.3. The summed E-state index contributed by atoms with van der Waals surface area (Å²) in [6.07, 6.45) is 4.94. The Kier molecular flexibility index (Phi) is 5.75. The summed E-state index contributed by atoms with van der Waals surface area (Å²) in [6, 6.07) is -0.0671. The summed E-state index contributed by atoms with van der Waals surface area (Å²) >= 11 is 6.48. The molecule has 2 fully saturated rings. The molecule has 1 saturated carbocycles. The maximum atomic E-state index is 13.3. The summed E-state index contributed by atoms with van der Waals surface area (Å²) in [5, 5.41) is 3.17. The van der Waals surface area contributed by atoms with Crippen LogP contribution in [0.5, 0.6) is 0 Å². The van der Waals surface area contributed by atoms with E-state index in [9.17, 15) is 14.4 Å². The Morgan fingerprint density at radius 2 is 1.73 bits per heavy atom. The number of carbonyl (C=O) groups excluding carboxylic acids is 3. The summed E-state index contributed by atoms with van der Waals surface area (Å²) < 4.78 is 1.90. The van der Waals surface area contributed by atoms with Gasteiger partial charge in [0.05, 0.1) is 12.4 Å². The number of anilines is 1. The van der Waals surface area contributed by atoms with Crippen molar-refractivity contribution in [2.75, 3.05) is 4.90 Å². The highest BCUT2D eigenvalue weighted by atomic mass is 35.5. The Balaban J connectivity index is 1.82. The number of imidazole rings is 1. The van der Waals surface area contributed by atoms with E-state index in [4.69, 9.17) is 11.6 Å². The number of imide groups is 1. The van der Waals surface area contributed by atoms with E-state index < -0.39 is 22.6 Å². The molecule has 3 heterocycles. The van der Waals surface area contributed by atoms with Crippen molar-refractivity contribution in [1.82, 2.24) is 24.8 Å². The molecule has 178 valence electrons. The largest absolute Gasteiger partial charge is 0.351 e. The van der Waals surface area contributed by atoms with E-state index in [0.29, 0.717) is 23.5 Å². The summed E-state index contributed by atoms with van der Waals surface area (Å²) in [5.41, 5.74) is -0.828. The molecule has 1 aliphatic carbocycles. The van der Waals surface area contributed by atoms with Crippen molar-refractivity contribution in [2.24, 2.45) is 16.7 Å². The van der Waals surface area contributed by atoms with Gasteiger partial charge in [-0.05, 0) is 25.2 Å². The molecule has 2 aromatic rings. The lowest BCUT2D eigenvalue weighted by atomic mass is 9.77. The number of nitrogens with zero attached hydrogens (tertiary/aromatic N) is 5. The standard InChI is InChI=1S/C23H31ClN6O3/c1-22(2,3)19(32)30(20(33)23(4,5)6)21-27-17(24)16-18(28-21)29(11-25-16)14-8-7-12-9-13(14)26-15(31)10-12/h11-14H,7-10H2,1-6H3,(H,26,31)/t12?,13-,14?/m1/s1. The summed E-state index contributed by atoms with van der Waals surface area (Å²) in [5.74, 6) is -0.423. The molecule has 10 heteroatoms. The summed E-state index contributed by atoms with van der Waals surface area (Å²) in [7, 11) is 0. The zero-order valence-electron chi connectivity index (χ0n) is 20.0. The molecule has 2 aromatic heterocycles. The molecule has 2 unspecified atom stereocenters. The van der Waals surface area contributed by atoms with E-state index in [-0.39, 0.29) is 29.1 Å². The molecular formula is C23H31ClN6O3. The van der Waals surface area contributed by atoms with Gasteiger partial charge in [-0.1, -0.05) is 53.1 Å². The van der Waals surface area contributed by atoms with Crippen molar-refractivity contribution in [2.45, 2.75) is 79.3 Å². The quantitative estimate of drug-likeness (QED) is 0.665. The fraction of sp³-hybridized carbons (Fsp3) is 0.652. The summed E-state index contributed by atoms with van der Waals surface area (Å²) in [6.45, 7) is 10.5. The second kappa shape index (κ2) is 8.04. The van der Waals surface area contributed by atoms with Crippen molar-refractivity contribution < 1.29 is 14.4 Å². The number of aromatic nitrogens is 4. The van der Waals surface area contributed by atoms with Crippen LogP contribution in [-0.2, 0) is 14.4 Å². The van der Waals surface area contributed by atoms with E-state index in [1.165, 1.54) is 0 Å². The third-order valence-corrected chi connectivity index (χ3v) is 6.62. The van der Waals surface area contributed by atoms with E-state index in [1.807, 2.05) is 4.57 Å².